The summed E-state index contributed by atoms with van der Waals surface area (Å²) in [5.41, 5.74) is 4.15. The molecule has 0 bridgehead atoms. The fourth-order valence-electron chi connectivity index (χ4n) is 3.24. The maximum atomic E-state index is 14.3. The van der Waals surface area contributed by atoms with Gasteiger partial charge >= 0.3 is 5.97 Å². The number of piperidine rings is 1. The van der Waals surface area contributed by atoms with Crippen molar-refractivity contribution in [2.24, 2.45) is 10.9 Å². The van der Waals surface area contributed by atoms with Crippen LogP contribution in [0.5, 0.6) is 0 Å². The third-order valence-corrected chi connectivity index (χ3v) is 7.71. The zero-order valence-electron chi connectivity index (χ0n) is 15.1. The van der Waals surface area contributed by atoms with Crippen LogP contribution < -0.4 is 5.73 Å². The summed E-state index contributed by atoms with van der Waals surface area (Å²) in [4.78, 5) is 21.0. The summed E-state index contributed by atoms with van der Waals surface area (Å²) in [6.07, 6.45) is -0.251. The second kappa shape index (κ2) is 7.46. The van der Waals surface area contributed by atoms with Gasteiger partial charge in [-0.3, -0.25) is 3.89 Å². The molecule has 1 saturated heterocycles. The van der Waals surface area contributed by atoms with Gasteiger partial charge in [0.2, 0.25) is 9.84 Å². The van der Waals surface area contributed by atoms with Crippen molar-refractivity contribution < 1.29 is 26.2 Å². The van der Waals surface area contributed by atoms with Gasteiger partial charge in [0.05, 0.1) is 39.6 Å². The van der Waals surface area contributed by atoms with E-state index in [1.54, 1.807) is 7.05 Å². The minimum atomic E-state index is -4.86. The van der Waals surface area contributed by atoms with Crippen molar-refractivity contribution in [3.63, 3.8) is 0 Å². The number of hydrogen-bond acceptors (Lipinski definition) is 8. The van der Waals surface area contributed by atoms with Gasteiger partial charge in [-0.05, 0) is 19.1 Å². The van der Waals surface area contributed by atoms with Crippen LogP contribution in [0.2, 0.25) is 0 Å². The number of carbonyl (C=O) groups excluding carboxylic acids is 1. The first-order valence-corrected chi connectivity index (χ1v) is 10.2. The summed E-state index contributed by atoms with van der Waals surface area (Å²) in [5.74, 6) is -2.41. The van der Waals surface area contributed by atoms with Crippen molar-refractivity contribution >= 4 is 28.6 Å². The SMILES string of the molecule is CCOC(=O)C(N)(C1(N=O)CC[N+](C)(S)CC1)S(=O)(=O)c1ccccc1F. The third-order valence-electron chi connectivity index (χ3n) is 5.01. The number of thiol groups is 1. The molecule has 27 heavy (non-hydrogen) atoms. The van der Waals surface area contributed by atoms with Crippen LogP contribution >= 0.6 is 12.8 Å². The largest absolute Gasteiger partial charge is 0.464 e. The van der Waals surface area contributed by atoms with Crippen molar-refractivity contribution in [3.05, 3.63) is 35.0 Å². The highest BCUT2D eigenvalue weighted by molar-refractivity contribution is 7.93. The van der Waals surface area contributed by atoms with Gasteiger partial charge in [-0.25, -0.2) is 17.6 Å². The van der Waals surface area contributed by atoms with Gasteiger partial charge in [0, 0.05) is 12.8 Å². The number of nitrogens with zero attached hydrogens (tertiary/aromatic N) is 2. The van der Waals surface area contributed by atoms with Crippen LogP contribution in [0.1, 0.15) is 19.8 Å². The van der Waals surface area contributed by atoms with E-state index in [-0.39, 0.29) is 36.4 Å². The molecule has 1 heterocycles. The molecule has 1 unspecified atom stereocenters. The number of likely N-dealkylation sites (tertiary alicyclic amines) is 1. The standard InChI is InChI=1S/C16H23FN3O5S2/c1-3-25-14(21)16(18,15(19-22)8-10-20(2,26)11-9-15)27(23,24)13-7-5-4-6-12(13)17/h4-7,26H,3,8-11,18H2,1-2H3/q+1. The van der Waals surface area contributed by atoms with Crippen molar-refractivity contribution in [1.29, 1.82) is 0 Å². The number of hydrogen-bond donors (Lipinski definition) is 2. The van der Waals surface area contributed by atoms with Gasteiger partial charge in [-0.2, -0.15) is 4.91 Å². The summed E-state index contributed by atoms with van der Waals surface area (Å²) >= 11 is 4.41. The molecule has 1 aliphatic heterocycles. The van der Waals surface area contributed by atoms with Crippen molar-refractivity contribution in [2.75, 3.05) is 26.7 Å². The number of quaternary nitrogens is 1. The van der Waals surface area contributed by atoms with Gasteiger partial charge in [-0.15, -0.1) is 0 Å². The smallest absolute Gasteiger partial charge is 0.345 e. The molecule has 0 aliphatic carbocycles. The number of nitrogens with two attached hydrogens (primary N) is 1. The van der Waals surface area contributed by atoms with Crippen LogP contribution in [0.15, 0.2) is 34.3 Å². The summed E-state index contributed by atoms with van der Waals surface area (Å²) in [6.45, 7) is 1.78. The predicted molar refractivity (Wildman–Crippen MR) is 99.8 cm³/mol. The number of rotatable bonds is 6. The van der Waals surface area contributed by atoms with Crippen LogP contribution in [0.25, 0.3) is 0 Å². The first-order chi connectivity index (χ1) is 12.5. The Bertz CT molecular complexity index is 836. The zero-order chi connectivity index (χ0) is 20.5. The van der Waals surface area contributed by atoms with Gasteiger partial charge < -0.3 is 10.5 Å². The minimum Gasteiger partial charge on any atom is -0.464 e. The molecule has 1 fully saturated rings. The van der Waals surface area contributed by atoms with E-state index in [2.05, 4.69) is 18.0 Å². The fraction of sp³-hybridized carbons (Fsp3) is 0.562. The highest BCUT2D eigenvalue weighted by Gasteiger charge is 2.68. The van der Waals surface area contributed by atoms with E-state index in [1.807, 2.05) is 0 Å². The molecule has 0 aromatic heterocycles. The van der Waals surface area contributed by atoms with E-state index in [0.717, 1.165) is 12.1 Å². The lowest BCUT2D eigenvalue weighted by atomic mass is 9.81. The average Bonchev–Trinajstić information content (AvgIpc) is 2.61. The van der Waals surface area contributed by atoms with Gasteiger partial charge in [0.1, 0.15) is 10.7 Å². The molecule has 8 nitrogen and oxygen atoms in total. The van der Waals surface area contributed by atoms with E-state index in [4.69, 9.17) is 10.5 Å². The lowest BCUT2D eigenvalue weighted by molar-refractivity contribution is -0.778. The molecule has 1 aliphatic rings. The Balaban J connectivity index is 2.71. The monoisotopic (exact) mass is 420 g/mol. The highest BCUT2D eigenvalue weighted by atomic mass is 32.2. The van der Waals surface area contributed by atoms with E-state index in [1.165, 1.54) is 19.1 Å². The Morgan fingerprint density at radius 3 is 2.44 bits per heavy atom. The van der Waals surface area contributed by atoms with Crippen LogP contribution in [0.3, 0.4) is 0 Å². The second-order valence-corrected chi connectivity index (χ2v) is 9.86. The van der Waals surface area contributed by atoms with Crippen molar-refractivity contribution in [2.45, 2.75) is 35.1 Å². The predicted octanol–water partition coefficient (Wildman–Crippen LogP) is 1.41. The molecule has 1 aromatic rings. The van der Waals surface area contributed by atoms with E-state index in [0.29, 0.717) is 0 Å². The van der Waals surface area contributed by atoms with Crippen LogP contribution in [-0.4, -0.2) is 55.4 Å². The number of ether oxygens (including phenoxy) is 1. The molecule has 2 N–H and O–H groups in total. The molecule has 150 valence electrons. The maximum absolute atomic E-state index is 14.3. The number of sulfone groups is 1. The Hall–Kier alpha value is -1.56. The first kappa shape index (κ1) is 21.7. The molecular formula is C16H23FN3O5S2+. The first-order valence-electron chi connectivity index (χ1n) is 8.34. The van der Waals surface area contributed by atoms with Crippen molar-refractivity contribution in [3.8, 4) is 0 Å². The molecule has 0 saturated carbocycles. The van der Waals surface area contributed by atoms with Crippen molar-refractivity contribution in [1.82, 2.24) is 0 Å². The number of nitroso groups, excluding NO2 is 1. The topological polar surface area (TPSA) is 116 Å². The molecule has 1 aromatic carbocycles. The number of esters is 1. The normalized spacial score (nSPS) is 28.2. The molecule has 0 amide bonds. The molecule has 11 heteroatoms. The highest BCUT2D eigenvalue weighted by Crippen LogP contribution is 2.44. The van der Waals surface area contributed by atoms with Crippen LogP contribution in [-0.2, 0) is 19.4 Å². The summed E-state index contributed by atoms with van der Waals surface area (Å²) in [7, 11) is -3.09. The summed E-state index contributed by atoms with van der Waals surface area (Å²) in [6, 6.07) is 4.52. The minimum absolute atomic E-state index is 0.125. The number of carbonyl (C=O) groups is 1. The Labute approximate surface area is 162 Å². The summed E-state index contributed by atoms with van der Waals surface area (Å²) in [5, 5.41) is 3.02. The number of halogens is 1. The lowest BCUT2D eigenvalue weighted by Gasteiger charge is -2.45. The lowest BCUT2D eigenvalue weighted by Crippen LogP contribution is -2.72. The van der Waals surface area contributed by atoms with Gasteiger partial charge in [0.25, 0.3) is 4.87 Å². The molecular weight excluding hydrogens is 397 g/mol. The summed E-state index contributed by atoms with van der Waals surface area (Å²) < 4.78 is 46.0. The third kappa shape index (κ3) is 3.48. The van der Waals surface area contributed by atoms with E-state index >= 15 is 0 Å². The molecule has 0 radical (unpaired) electrons. The Kier molecular flexibility index (Phi) is 6.00. The molecule has 2 rings (SSSR count). The fourth-order valence-corrected chi connectivity index (χ4v) is 5.39. The van der Waals surface area contributed by atoms with Gasteiger partial charge in [0.15, 0.2) is 5.54 Å². The maximum Gasteiger partial charge on any atom is 0.345 e. The van der Waals surface area contributed by atoms with Crippen LogP contribution in [0.4, 0.5) is 4.39 Å². The van der Waals surface area contributed by atoms with Crippen LogP contribution in [0, 0.1) is 10.7 Å². The molecule has 1 atom stereocenters. The Morgan fingerprint density at radius 2 is 1.96 bits per heavy atom. The second-order valence-electron chi connectivity index (χ2n) is 6.80. The Morgan fingerprint density at radius 1 is 1.41 bits per heavy atom. The van der Waals surface area contributed by atoms with Gasteiger partial charge in [-0.1, -0.05) is 17.3 Å². The quantitative estimate of drug-likeness (QED) is 0.311. The average molecular weight is 421 g/mol. The molecule has 0 spiro atoms. The van der Waals surface area contributed by atoms with E-state index < -0.39 is 36.9 Å². The van der Waals surface area contributed by atoms with E-state index in [9.17, 15) is 22.5 Å². The zero-order valence-corrected chi connectivity index (χ0v) is 16.8. The number of benzene rings is 1.